The maximum absolute atomic E-state index is 12.1. The first-order valence-electron chi connectivity index (χ1n) is 9.59. The van der Waals surface area contributed by atoms with Crippen LogP contribution < -0.4 is 14.8 Å². The number of pyridine rings is 1. The zero-order valence-electron chi connectivity index (χ0n) is 16.0. The van der Waals surface area contributed by atoms with Gasteiger partial charge in [-0.25, -0.2) is 0 Å². The van der Waals surface area contributed by atoms with Crippen LogP contribution in [0.3, 0.4) is 0 Å². The summed E-state index contributed by atoms with van der Waals surface area (Å²) in [6, 6.07) is 21.3. The summed E-state index contributed by atoms with van der Waals surface area (Å²) in [5.41, 5.74) is 2.99. The second-order valence-corrected chi connectivity index (χ2v) is 6.81. The first kappa shape index (κ1) is 18.7. The molecule has 5 heteroatoms. The molecule has 0 bridgehead atoms. The van der Waals surface area contributed by atoms with Gasteiger partial charge in [-0.2, -0.15) is 0 Å². The molecular weight excluding hydrogens is 364 g/mol. The van der Waals surface area contributed by atoms with E-state index in [1.165, 1.54) is 11.6 Å². The molecule has 5 nitrogen and oxygen atoms in total. The SMILES string of the molecule is O=C(/C=C/c1ccc(OCc2ccccn2)cc1)NCC1Cc2ccccc2O1. The molecule has 1 atom stereocenters. The van der Waals surface area contributed by atoms with E-state index in [1.807, 2.05) is 60.7 Å². The minimum Gasteiger partial charge on any atom is -0.488 e. The molecule has 0 saturated heterocycles. The fourth-order valence-corrected chi connectivity index (χ4v) is 3.13. The molecule has 1 unspecified atom stereocenters. The van der Waals surface area contributed by atoms with Gasteiger partial charge in [-0.1, -0.05) is 36.4 Å². The number of nitrogens with one attached hydrogen (secondary N) is 1. The van der Waals surface area contributed by atoms with Crippen molar-refractivity contribution in [1.82, 2.24) is 10.3 Å². The number of rotatable bonds is 7. The van der Waals surface area contributed by atoms with Crippen molar-refractivity contribution >= 4 is 12.0 Å². The van der Waals surface area contributed by atoms with E-state index in [-0.39, 0.29) is 12.0 Å². The van der Waals surface area contributed by atoms with E-state index in [2.05, 4.69) is 16.4 Å². The molecule has 1 amide bonds. The highest BCUT2D eigenvalue weighted by molar-refractivity contribution is 5.91. The summed E-state index contributed by atoms with van der Waals surface area (Å²) >= 11 is 0. The van der Waals surface area contributed by atoms with Gasteiger partial charge in [0.25, 0.3) is 0 Å². The minimum atomic E-state index is -0.139. The van der Waals surface area contributed by atoms with Crippen LogP contribution in [0.15, 0.2) is 79.0 Å². The second-order valence-electron chi connectivity index (χ2n) is 6.81. The Morgan fingerprint density at radius 2 is 1.93 bits per heavy atom. The number of nitrogens with zero attached hydrogens (tertiary/aromatic N) is 1. The number of fused-ring (bicyclic) bond motifs is 1. The number of ether oxygens (including phenoxy) is 2. The molecule has 0 spiro atoms. The molecule has 29 heavy (non-hydrogen) atoms. The van der Waals surface area contributed by atoms with E-state index in [0.29, 0.717) is 13.2 Å². The van der Waals surface area contributed by atoms with Gasteiger partial charge in [0.15, 0.2) is 0 Å². The molecule has 1 aromatic heterocycles. The highest BCUT2D eigenvalue weighted by Gasteiger charge is 2.22. The van der Waals surface area contributed by atoms with Crippen molar-refractivity contribution in [3.63, 3.8) is 0 Å². The first-order valence-corrected chi connectivity index (χ1v) is 9.59. The quantitative estimate of drug-likeness (QED) is 0.628. The predicted molar refractivity (Wildman–Crippen MR) is 112 cm³/mol. The Hall–Kier alpha value is -3.60. The van der Waals surface area contributed by atoms with Gasteiger partial charge in [0.2, 0.25) is 5.91 Å². The topological polar surface area (TPSA) is 60.5 Å². The van der Waals surface area contributed by atoms with Crippen LogP contribution in [-0.4, -0.2) is 23.5 Å². The standard InChI is InChI=1S/C24H22N2O3/c27-24(26-16-22-15-19-5-1-2-7-23(19)29-22)13-10-18-8-11-21(12-9-18)28-17-20-6-3-4-14-25-20/h1-14,22H,15-17H2,(H,26,27)/b13-10+. The van der Waals surface area contributed by atoms with Crippen LogP contribution >= 0.6 is 0 Å². The van der Waals surface area contributed by atoms with Gasteiger partial charge in [-0.05, 0) is 47.5 Å². The van der Waals surface area contributed by atoms with Gasteiger partial charge in [-0.15, -0.1) is 0 Å². The maximum atomic E-state index is 12.1. The molecule has 1 aliphatic rings. The van der Waals surface area contributed by atoms with Crippen LogP contribution in [0.2, 0.25) is 0 Å². The third kappa shape index (κ3) is 5.23. The van der Waals surface area contributed by atoms with E-state index in [0.717, 1.165) is 29.2 Å². The van der Waals surface area contributed by atoms with Crippen LogP contribution in [-0.2, 0) is 17.8 Å². The summed E-state index contributed by atoms with van der Waals surface area (Å²) in [5.74, 6) is 1.53. The summed E-state index contributed by atoms with van der Waals surface area (Å²) in [7, 11) is 0. The van der Waals surface area contributed by atoms with Crippen molar-refractivity contribution in [2.75, 3.05) is 6.54 Å². The summed E-state index contributed by atoms with van der Waals surface area (Å²) in [6.07, 6.45) is 5.86. The van der Waals surface area contributed by atoms with Crippen molar-refractivity contribution in [2.45, 2.75) is 19.1 Å². The van der Waals surface area contributed by atoms with Crippen LogP contribution in [0.5, 0.6) is 11.5 Å². The van der Waals surface area contributed by atoms with E-state index < -0.39 is 0 Å². The number of aromatic nitrogens is 1. The lowest BCUT2D eigenvalue weighted by molar-refractivity contribution is -0.116. The Labute approximate surface area is 170 Å². The lowest BCUT2D eigenvalue weighted by Crippen LogP contribution is -2.33. The molecular formula is C24H22N2O3. The molecule has 4 rings (SSSR count). The third-order valence-electron chi connectivity index (χ3n) is 4.64. The van der Waals surface area contributed by atoms with Gasteiger partial charge in [0.1, 0.15) is 24.2 Å². The van der Waals surface area contributed by atoms with Crippen molar-refractivity contribution in [2.24, 2.45) is 0 Å². The molecule has 1 aliphatic heterocycles. The Balaban J connectivity index is 1.22. The summed E-state index contributed by atoms with van der Waals surface area (Å²) in [6.45, 7) is 0.906. The molecule has 146 valence electrons. The summed E-state index contributed by atoms with van der Waals surface area (Å²) in [5, 5.41) is 2.90. The van der Waals surface area contributed by atoms with Crippen LogP contribution in [0.1, 0.15) is 16.8 Å². The zero-order chi connectivity index (χ0) is 19.9. The Bertz CT molecular complexity index is 960. The van der Waals surface area contributed by atoms with Gasteiger partial charge in [0.05, 0.1) is 12.2 Å². The highest BCUT2D eigenvalue weighted by Crippen LogP contribution is 2.27. The van der Waals surface area contributed by atoms with Gasteiger partial charge in [-0.3, -0.25) is 9.78 Å². The fourth-order valence-electron chi connectivity index (χ4n) is 3.13. The number of hydrogen-bond donors (Lipinski definition) is 1. The van der Waals surface area contributed by atoms with Crippen molar-refractivity contribution in [1.29, 1.82) is 0 Å². The van der Waals surface area contributed by atoms with Gasteiger partial charge in [0, 0.05) is 18.7 Å². The average Bonchev–Trinajstić information content (AvgIpc) is 3.19. The van der Waals surface area contributed by atoms with Crippen LogP contribution in [0.4, 0.5) is 0 Å². The number of amides is 1. The fraction of sp³-hybridized carbons (Fsp3) is 0.167. The van der Waals surface area contributed by atoms with Crippen molar-refractivity contribution in [3.8, 4) is 11.5 Å². The Morgan fingerprint density at radius 1 is 1.10 bits per heavy atom. The Morgan fingerprint density at radius 3 is 2.72 bits per heavy atom. The predicted octanol–water partition coefficient (Wildman–Crippen LogP) is 3.79. The maximum Gasteiger partial charge on any atom is 0.244 e. The smallest absolute Gasteiger partial charge is 0.244 e. The number of carbonyl (C=O) groups is 1. The van der Waals surface area contributed by atoms with Crippen molar-refractivity contribution in [3.05, 3.63) is 95.8 Å². The second kappa shape index (κ2) is 9.06. The highest BCUT2D eigenvalue weighted by atomic mass is 16.5. The largest absolute Gasteiger partial charge is 0.488 e. The summed E-state index contributed by atoms with van der Waals surface area (Å²) < 4.78 is 11.5. The molecule has 2 aromatic carbocycles. The van der Waals surface area contributed by atoms with E-state index in [9.17, 15) is 4.79 Å². The molecule has 0 aliphatic carbocycles. The Kier molecular flexibility index (Phi) is 5.86. The number of carbonyl (C=O) groups excluding carboxylic acids is 1. The summed E-state index contributed by atoms with van der Waals surface area (Å²) in [4.78, 5) is 16.3. The van der Waals surface area contributed by atoms with E-state index >= 15 is 0 Å². The normalized spacial score (nSPS) is 15.0. The first-order chi connectivity index (χ1) is 14.3. The van der Waals surface area contributed by atoms with Crippen LogP contribution in [0.25, 0.3) is 6.08 Å². The van der Waals surface area contributed by atoms with Crippen molar-refractivity contribution < 1.29 is 14.3 Å². The molecule has 0 radical (unpaired) electrons. The molecule has 2 heterocycles. The molecule has 3 aromatic rings. The van der Waals surface area contributed by atoms with E-state index in [4.69, 9.17) is 9.47 Å². The van der Waals surface area contributed by atoms with Gasteiger partial charge < -0.3 is 14.8 Å². The lowest BCUT2D eigenvalue weighted by Gasteiger charge is -2.10. The minimum absolute atomic E-state index is 0.0136. The zero-order valence-corrected chi connectivity index (χ0v) is 16.0. The monoisotopic (exact) mass is 386 g/mol. The van der Waals surface area contributed by atoms with E-state index in [1.54, 1.807) is 12.3 Å². The number of hydrogen-bond acceptors (Lipinski definition) is 4. The number of benzene rings is 2. The average molecular weight is 386 g/mol. The lowest BCUT2D eigenvalue weighted by atomic mass is 10.1. The molecule has 0 fully saturated rings. The van der Waals surface area contributed by atoms with Gasteiger partial charge >= 0.3 is 0 Å². The number of para-hydroxylation sites is 1. The third-order valence-corrected chi connectivity index (χ3v) is 4.64. The molecule has 0 saturated carbocycles. The van der Waals surface area contributed by atoms with Crippen LogP contribution in [0, 0.1) is 0 Å². The molecule has 1 N–H and O–H groups in total.